The molecule has 3 aromatic heterocycles. The van der Waals surface area contributed by atoms with Crippen molar-refractivity contribution in [3.63, 3.8) is 0 Å². The molecule has 1 amide bonds. The van der Waals surface area contributed by atoms with Crippen molar-refractivity contribution in [1.29, 1.82) is 0 Å². The molecule has 3 rings (SSSR count). The highest BCUT2D eigenvalue weighted by Gasteiger charge is 2.23. The van der Waals surface area contributed by atoms with Crippen LogP contribution in [-0.4, -0.2) is 50.9 Å². The Balaban J connectivity index is 2.11. The van der Waals surface area contributed by atoms with E-state index in [2.05, 4.69) is 20.4 Å². The van der Waals surface area contributed by atoms with E-state index in [1.54, 1.807) is 26.0 Å². The summed E-state index contributed by atoms with van der Waals surface area (Å²) in [6.07, 6.45) is 2.09. The normalized spacial score (nSPS) is 10.6. The largest absolute Gasteiger partial charge is 0.462 e. The van der Waals surface area contributed by atoms with E-state index < -0.39 is 18.0 Å². The number of aromatic nitrogens is 4. The maximum atomic E-state index is 12.5. The van der Waals surface area contributed by atoms with Crippen molar-refractivity contribution in [2.75, 3.05) is 24.3 Å². The second-order valence-corrected chi connectivity index (χ2v) is 5.67. The Bertz CT molecular complexity index is 1080. The summed E-state index contributed by atoms with van der Waals surface area (Å²) < 4.78 is 10.8. The molecule has 0 saturated heterocycles. The molecule has 0 bridgehead atoms. The number of hydrogen-bond acceptors (Lipinski definition) is 9. The molecule has 0 spiro atoms. The number of nitrogen functional groups attached to an aromatic ring is 1. The van der Waals surface area contributed by atoms with Crippen LogP contribution in [0.25, 0.3) is 11.0 Å². The van der Waals surface area contributed by atoms with Crippen LogP contribution in [0.1, 0.15) is 34.6 Å². The van der Waals surface area contributed by atoms with Crippen LogP contribution in [0.2, 0.25) is 0 Å². The molecule has 3 aromatic rings. The average Bonchev–Trinajstić information content (AvgIpc) is 3.05. The first-order valence-corrected chi connectivity index (χ1v) is 8.71. The fourth-order valence-corrected chi connectivity index (χ4v) is 2.51. The molecule has 3 heterocycles. The molecule has 0 saturated carbocycles. The van der Waals surface area contributed by atoms with E-state index in [0.29, 0.717) is 0 Å². The van der Waals surface area contributed by atoms with Gasteiger partial charge in [-0.1, -0.05) is 0 Å². The number of rotatable bonds is 5. The highest BCUT2D eigenvalue weighted by atomic mass is 16.6. The minimum atomic E-state index is -0.810. The van der Waals surface area contributed by atoms with E-state index in [4.69, 9.17) is 15.2 Å². The third-order valence-corrected chi connectivity index (χ3v) is 3.78. The molecule has 0 fully saturated rings. The molecule has 150 valence electrons. The van der Waals surface area contributed by atoms with Crippen molar-refractivity contribution in [1.82, 2.24) is 19.7 Å². The summed E-state index contributed by atoms with van der Waals surface area (Å²) in [6.45, 7) is 3.53. The van der Waals surface area contributed by atoms with E-state index in [1.807, 2.05) is 0 Å². The molecule has 11 heteroatoms. The molecular weight excluding hydrogens is 380 g/mol. The lowest BCUT2D eigenvalue weighted by Gasteiger charge is -2.06. The maximum absolute atomic E-state index is 12.5. The van der Waals surface area contributed by atoms with Crippen LogP contribution in [0.5, 0.6) is 0 Å². The van der Waals surface area contributed by atoms with Gasteiger partial charge in [-0.3, -0.25) is 9.78 Å². The second-order valence-electron chi connectivity index (χ2n) is 5.67. The zero-order chi connectivity index (χ0) is 21.0. The molecular formula is C18H18N6O5. The number of nitrogens with two attached hydrogens (primary N) is 1. The Hall–Kier alpha value is -4.02. The SMILES string of the molecule is CCOC(=O)c1cc2c(NC(=O)c3cccnc3)nn(C(=O)OCC)c2nc1N. The third-order valence-electron chi connectivity index (χ3n) is 3.78. The van der Waals surface area contributed by atoms with Gasteiger partial charge in [0, 0.05) is 12.4 Å². The Morgan fingerprint density at radius 2 is 1.97 bits per heavy atom. The van der Waals surface area contributed by atoms with Gasteiger partial charge in [0.05, 0.1) is 24.2 Å². The number of nitrogens with one attached hydrogen (secondary N) is 1. The second kappa shape index (κ2) is 8.33. The third kappa shape index (κ3) is 3.98. The Labute approximate surface area is 164 Å². The predicted molar refractivity (Wildman–Crippen MR) is 103 cm³/mol. The Kier molecular flexibility index (Phi) is 5.67. The zero-order valence-corrected chi connectivity index (χ0v) is 15.7. The van der Waals surface area contributed by atoms with E-state index in [0.717, 1.165) is 4.68 Å². The van der Waals surface area contributed by atoms with Gasteiger partial charge in [0.1, 0.15) is 11.4 Å². The van der Waals surface area contributed by atoms with Crippen molar-refractivity contribution in [2.24, 2.45) is 0 Å². The fourth-order valence-electron chi connectivity index (χ4n) is 2.51. The smallest absolute Gasteiger partial charge is 0.436 e. The highest BCUT2D eigenvalue weighted by molar-refractivity contribution is 6.09. The minimum absolute atomic E-state index is 0.0000420. The first-order valence-electron chi connectivity index (χ1n) is 8.71. The first-order chi connectivity index (χ1) is 14.0. The molecule has 0 aliphatic heterocycles. The number of pyridine rings is 2. The van der Waals surface area contributed by atoms with Crippen LogP contribution in [0.3, 0.4) is 0 Å². The lowest BCUT2D eigenvalue weighted by atomic mass is 10.2. The molecule has 0 aromatic carbocycles. The standard InChI is InChI=1S/C18H18N6O5/c1-3-28-17(26)11-8-12-14(22-16(25)10-6-5-7-20-9-10)23-24(18(27)29-4-2)15(12)21-13(11)19/h5-9H,3-4H2,1-2H3,(H2,19,21)(H,22,23,25). The van der Waals surface area contributed by atoms with E-state index in [-0.39, 0.29) is 47.0 Å². The minimum Gasteiger partial charge on any atom is -0.462 e. The number of amides is 1. The number of esters is 1. The average molecular weight is 398 g/mol. The maximum Gasteiger partial charge on any atom is 0.436 e. The summed E-state index contributed by atoms with van der Waals surface area (Å²) >= 11 is 0. The van der Waals surface area contributed by atoms with E-state index in [9.17, 15) is 14.4 Å². The molecule has 0 unspecified atom stereocenters. The van der Waals surface area contributed by atoms with Crippen molar-refractivity contribution >= 4 is 40.6 Å². The van der Waals surface area contributed by atoms with Crippen LogP contribution >= 0.6 is 0 Å². The van der Waals surface area contributed by atoms with Crippen molar-refractivity contribution < 1.29 is 23.9 Å². The van der Waals surface area contributed by atoms with Gasteiger partial charge in [-0.05, 0) is 32.0 Å². The Morgan fingerprint density at radius 1 is 1.21 bits per heavy atom. The number of anilines is 2. The lowest BCUT2D eigenvalue weighted by molar-refractivity contribution is 0.0527. The van der Waals surface area contributed by atoms with E-state index >= 15 is 0 Å². The molecule has 11 nitrogen and oxygen atoms in total. The molecule has 0 radical (unpaired) electrons. The topological polar surface area (TPSA) is 151 Å². The predicted octanol–water partition coefficient (Wildman–Crippen LogP) is 1.84. The quantitative estimate of drug-likeness (QED) is 0.613. The molecule has 29 heavy (non-hydrogen) atoms. The van der Waals surface area contributed by atoms with Gasteiger partial charge in [-0.25, -0.2) is 14.6 Å². The number of fused-ring (bicyclic) bond motifs is 1. The van der Waals surface area contributed by atoms with Crippen LogP contribution in [-0.2, 0) is 9.47 Å². The highest BCUT2D eigenvalue weighted by Crippen LogP contribution is 2.26. The summed E-state index contributed by atoms with van der Waals surface area (Å²) in [5.41, 5.74) is 6.15. The summed E-state index contributed by atoms with van der Waals surface area (Å²) in [4.78, 5) is 44.9. The number of carbonyl (C=O) groups excluding carboxylic acids is 3. The molecule has 0 aliphatic rings. The number of carbonyl (C=O) groups is 3. The van der Waals surface area contributed by atoms with Crippen LogP contribution in [0.4, 0.5) is 16.4 Å². The van der Waals surface area contributed by atoms with Gasteiger partial charge in [0.15, 0.2) is 11.5 Å². The van der Waals surface area contributed by atoms with Gasteiger partial charge >= 0.3 is 12.1 Å². The van der Waals surface area contributed by atoms with Gasteiger partial charge < -0.3 is 20.5 Å². The van der Waals surface area contributed by atoms with Crippen molar-refractivity contribution in [3.05, 3.63) is 41.7 Å². The first kappa shape index (κ1) is 19.7. The van der Waals surface area contributed by atoms with Gasteiger partial charge in [-0.2, -0.15) is 0 Å². The monoisotopic (exact) mass is 398 g/mol. The van der Waals surface area contributed by atoms with Gasteiger partial charge in [-0.15, -0.1) is 9.78 Å². The molecule has 0 aliphatic carbocycles. The zero-order valence-electron chi connectivity index (χ0n) is 15.7. The molecule has 0 atom stereocenters. The fraction of sp³-hybridized carbons (Fsp3) is 0.222. The number of nitrogens with zero attached hydrogens (tertiary/aromatic N) is 4. The van der Waals surface area contributed by atoms with Gasteiger partial charge in [0.2, 0.25) is 0 Å². The summed E-state index contributed by atoms with van der Waals surface area (Å²) in [7, 11) is 0. The Morgan fingerprint density at radius 3 is 2.62 bits per heavy atom. The van der Waals surface area contributed by atoms with Crippen molar-refractivity contribution in [2.45, 2.75) is 13.8 Å². The summed E-state index contributed by atoms with van der Waals surface area (Å²) in [5.74, 6) is -1.35. The van der Waals surface area contributed by atoms with Crippen LogP contribution in [0, 0.1) is 0 Å². The lowest BCUT2D eigenvalue weighted by Crippen LogP contribution is -2.17. The number of ether oxygens (including phenoxy) is 2. The number of hydrogen-bond donors (Lipinski definition) is 2. The van der Waals surface area contributed by atoms with Crippen molar-refractivity contribution in [3.8, 4) is 0 Å². The summed E-state index contributed by atoms with van der Waals surface area (Å²) in [5, 5.41) is 6.88. The van der Waals surface area contributed by atoms with E-state index in [1.165, 1.54) is 18.5 Å². The molecule has 3 N–H and O–H groups in total. The van der Waals surface area contributed by atoms with Crippen LogP contribution in [0.15, 0.2) is 30.6 Å². The van der Waals surface area contributed by atoms with Gasteiger partial charge in [0.25, 0.3) is 5.91 Å². The van der Waals surface area contributed by atoms with Crippen LogP contribution < -0.4 is 11.1 Å². The summed E-state index contributed by atoms with van der Waals surface area (Å²) in [6, 6.07) is 4.52.